The van der Waals surface area contributed by atoms with Gasteiger partial charge < -0.3 is 10.2 Å². The molecule has 2 atom stereocenters. The molecular weight excluding hydrogens is 220 g/mol. The van der Waals surface area contributed by atoms with E-state index in [1.165, 1.54) is 25.1 Å². The van der Waals surface area contributed by atoms with Crippen LogP contribution < -0.4 is 5.32 Å². The fraction of sp³-hybridized carbons (Fsp3) is 0.625. The van der Waals surface area contributed by atoms with E-state index in [2.05, 4.69) is 54.4 Å². The Morgan fingerprint density at radius 3 is 2.61 bits per heavy atom. The molecule has 0 radical (unpaired) electrons. The molecule has 1 aromatic rings. The van der Waals surface area contributed by atoms with Gasteiger partial charge in [-0.3, -0.25) is 0 Å². The zero-order chi connectivity index (χ0) is 13.0. The second-order valence-corrected chi connectivity index (χ2v) is 6.09. The third-order valence-corrected chi connectivity index (χ3v) is 4.12. The maximum absolute atomic E-state index is 3.37. The molecule has 0 amide bonds. The normalized spacial score (nSPS) is 24.1. The molecule has 0 aliphatic carbocycles. The maximum atomic E-state index is 3.37. The first-order valence-electron chi connectivity index (χ1n) is 7.06. The van der Waals surface area contributed by atoms with Crippen LogP contribution in [0.1, 0.15) is 25.8 Å². The Morgan fingerprint density at radius 2 is 2.06 bits per heavy atom. The van der Waals surface area contributed by atoms with Gasteiger partial charge in [-0.1, -0.05) is 44.2 Å². The van der Waals surface area contributed by atoms with Gasteiger partial charge in [-0.05, 0) is 31.5 Å². The average Bonchev–Trinajstić information content (AvgIpc) is 2.76. The quantitative estimate of drug-likeness (QED) is 0.859. The molecule has 1 aliphatic heterocycles. The van der Waals surface area contributed by atoms with Crippen molar-refractivity contribution in [3.63, 3.8) is 0 Å². The van der Waals surface area contributed by atoms with E-state index >= 15 is 0 Å². The highest BCUT2D eigenvalue weighted by molar-refractivity contribution is 5.25. The van der Waals surface area contributed by atoms with Crippen LogP contribution in [0, 0.1) is 5.92 Å². The van der Waals surface area contributed by atoms with Gasteiger partial charge in [-0.2, -0.15) is 0 Å². The van der Waals surface area contributed by atoms with Gasteiger partial charge in [0.1, 0.15) is 0 Å². The molecule has 2 nitrogen and oxygen atoms in total. The Kier molecular flexibility index (Phi) is 4.41. The number of benzene rings is 1. The van der Waals surface area contributed by atoms with Crippen LogP contribution in [0.3, 0.4) is 0 Å². The van der Waals surface area contributed by atoms with Gasteiger partial charge >= 0.3 is 0 Å². The largest absolute Gasteiger partial charge is 0.319 e. The van der Waals surface area contributed by atoms with Crippen molar-refractivity contribution in [1.82, 2.24) is 10.2 Å². The van der Waals surface area contributed by atoms with Crippen LogP contribution in [0.2, 0.25) is 0 Å². The van der Waals surface area contributed by atoms with E-state index in [1.54, 1.807) is 0 Å². The van der Waals surface area contributed by atoms with E-state index in [4.69, 9.17) is 0 Å². The third-order valence-electron chi connectivity index (χ3n) is 4.12. The monoisotopic (exact) mass is 246 g/mol. The predicted octanol–water partition coefficient (Wildman–Crippen LogP) is 2.51. The molecule has 0 spiro atoms. The van der Waals surface area contributed by atoms with Crippen molar-refractivity contribution in [1.29, 1.82) is 0 Å². The van der Waals surface area contributed by atoms with Crippen LogP contribution in [0.5, 0.6) is 0 Å². The molecule has 100 valence electrons. The second-order valence-electron chi connectivity index (χ2n) is 6.09. The summed E-state index contributed by atoms with van der Waals surface area (Å²) in [4.78, 5) is 2.62. The zero-order valence-electron chi connectivity index (χ0n) is 11.9. The highest BCUT2D eigenvalue weighted by atomic mass is 15.2. The van der Waals surface area contributed by atoms with Gasteiger partial charge in [0.25, 0.3) is 0 Å². The number of rotatable bonds is 5. The first-order chi connectivity index (χ1) is 8.64. The van der Waals surface area contributed by atoms with Crippen LogP contribution in [0.25, 0.3) is 0 Å². The summed E-state index contributed by atoms with van der Waals surface area (Å²) in [6, 6.07) is 10.9. The molecule has 2 unspecified atom stereocenters. The average molecular weight is 246 g/mol. The molecule has 1 fully saturated rings. The number of nitrogens with one attached hydrogen (secondary N) is 1. The summed E-state index contributed by atoms with van der Waals surface area (Å²) in [6.07, 6.45) is 1.35. The first-order valence-corrected chi connectivity index (χ1v) is 7.06. The molecule has 0 aromatic heterocycles. The topological polar surface area (TPSA) is 15.3 Å². The number of hydrogen-bond donors (Lipinski definition) is 1. The van der Waals surface area contributed by atoms with E-state index in [-0.39, 0.29) is 5.41 Å². The van der Waals surface area contributed by atoms with Crippen molar-refractivity contribution in [3.05, 3.63) is 35.9 Å². The van der Waals surface area contributed by atoms with Crippen LogP contribution in [0.15, 0.2) is 30.3 Å². The van der Waals surface area contributed by atoms with Gasteiger partial charge in [0.15, 0.2) is 0 Å². The summed E-state index contributed by atoms with van der Waals surface area (Å²) in [6.45, 7) is 9.43. The maximum Gasteiger partial charge on any atom is 0.0176 e. The second kappa shape index (κ2) is 5.85. The van der Waals surface area contributed by atoms with Gasteiger partial charge in [0.05, 0.1) is 0 Å². The molecule has 1 saturated heterocycles. The third kappa shape index (κ3) is 3.12. The van der Waals surface area contributed by atoms with E-state index in [9.17, 15) is 0 Å². The SMILES string of the molecule is CNCC(C)(CN1CCC(C)C1)c1ccccc1. The number of nitrogens with zero attached hydrogens (tertiary/aromatic N) is 1. The lowest BCUT2D eigenvalue weighted by atomic mass is 9.82. The van der Waals surface area contributed by atoms with Gasteiger partial charge in [0.2, 0.25) is 0 Å². The molecule has 1 heterocycles. The van der Waals surface area contributed by atoms with Crippen molar-refractivity contribution < 1.29 is 0 Å². The predicted molar refractivity (Wildman–Crippen MR) is 77.9 cm³/mol. The van der Waals surface area contributed by atoms with Crippen molar-refractivity contribution in [3.8, 4) is 0 Å². The molecule has 1 aliphatic rings. The lowest BCUT2D eigenvalue weighted by Gasteiger charge is -2.34. The highest BCUT2D eigenvalue weighted by Gasteiger charge is 2.30. The fourth-order valence-corrected chi connectivity index (χ4v) is 3.14. The number of likely N-dealkylation sites (tertiary alicyclic amines) is 1. The lowest BCUT2D eigenvalue weighted by molar-refractivity contribution is 0.247. The van der Waals surface area contributed by atoms with Gasteiger partial charge in [0, 0.05) is 25.0 Å². The smallest absolute Gasteiger partial charge is 0.0176 e. The fourth-order valence-electron chi connectivity index (χ4n) is 3.14. The molecule has 2 rings (SSSR count). The van der Waals surface area contributed by atoms with Crippen molar-refractivity contribution in [2.75, 3.05) is 33.2 Å². The Morgan fingerprint density at radius 1 is 1.33 bits per heavy atom. The minimum Gasteiger partial charge on any atom is -0.319 e. The molecule has 0 saturated carbocycles. The molecule has 1 N–H and O–H groups in total. The van der Waals surface area contributed by atoms with Gasteiger partial charge in [-0.25, -0.2) is 0 Å². The minimum atomic E-state index is 0.208. The summed E-state index contributed by atoms with van der Waals surface area (Å²) in [5.74, 6) is 0.861. The molecular formula is C16H26N2. The van der Waals surface area contributed by atoms with E-state index in [1.807, 2.05) is 7.05 Å². The Bertz CT molecular complexity index is 363. The van der Waals surface area contributed by atoms with Crippen molar-refractivity contribution in [2.45, 2.75) is 25.7 Å². The first kappa shape index (κ1) is 13.6. The van der Waals surface area contributed by atoms with Crippen molar-refractivity contribution in [2.24, 2.45) is 5.92 Å². The molecule has 1 aromatic carbocycles. The van der Waals surface area contributed by atoms with E-state index in [0.717, 1.165) is 19.0 Å². The van der Waals surface area contributed by atoms with Crippen molar-refractivity contribution >= 4 is 0 Å². The molecule has 18 heavy (non-hydrogen) atoms. The van der Waals surface area contributed by atoms with Crippen LogP contribution in [-0.2, 0) is 5.41 Å². The Labute approximate surface area is 111 Å². The lowest BCUT2D eigenvalue weighted by Crippen LogP contribution is -2.44. The van der Waals surface area contributed by atoms with E-state index in [0.29, 0.717) is 0 Å². The number of hydrogen-bond acceptors (Lipinski definition) is 2. The summed E-state index contributed by atoms with van der Waals surface area (Å²) in [7, 11) is 2.05. The highest BCUT2D eigenvalue weighted by Crippen LogP contribution is 2.27. The summed E-state index contributed by atoms with van der Waals surface area (Å²) in [5, 5.41) is 3.37. The van der Waals surface area contributed by atoms with Crippen LogP contribution in [-0.4, -0.2) is 38.1 Å². The Balaban J connectivity index is 2.11. The summed E-state index contributed by atoms with van der Waals surface area (Å²) < 4.78 is 0. The van der Waals surface area contributed by atoms with Gasteiger partial charge in [-0.15, -0.1) is 0 Å². The zero-order valence-corrected chi connectivity index (χ0v) is 11.9. The molecule has 0 bridgehead atoms. The molecule has 2 heteroatoms. The number of likely N-dealkylation sites (N-methyl/N-ethyl adjacent to an activating group) is 1. The Hall–Kier alpha value is -0.860. The summed E-state index contributed by atoms with van der Waals surface area (Å²) >= 11 is 0. The standard InChI is InChI=1S/C16H26N2/c1-14-9-10-18(11-14)13-16(2,12-17-3)15-7-5-4-6-8-15/h4-8,14,17H,9-13H2,1-3H3. The van der Waals surface area contributed by atoms with Crippen LogP contribution in [0.4, 0.5) is 0 Å². The van der Waals surface area contributed by atoms with E-state index < -0.39 is 0 Å². The van der Waals surface area contributed by atoms with Crippen LogP contribution >= 0.6 is 0 Å². The minimum absolute atomic E-state index is 0.208. The summed E-state index contributed by atoms with van der Waals surface area (Å²) in [5.41, 5.74) is 1.65.